The van der Waals surface area contributed by atoms with E-state index in [4.69, 9.17) is 0 Å². The van der Waals surface area contributed by atoms with Gasteiger partial charge in [0, 0.05) is 56.8 Å². The number of benzene rings is 2. The Bertz CT molecular complexity index is 1410. The van der Waals surface area contributed by atoms with Gasteiger partial charge < -0.3 is 25.8 Å². The van der Waals surface area contributed by atoms with E-state index in [1.54, 1.807) is 23.7 Å². The fraction of sp³-hybridized carbons (Fsp3) is 0.553. The highest BCUT2D eigenvalue weighted by Gasteiger charge is 2.39. The molecule has 5 amide bonds. The molecule has 2 aliphatic heterocycles. The normalized spacial score (nSPS) is 20.3. The molecule has 49 heavy (non-hydrogen) atoms. The Morgan fingerprint density at radius 3 is 2.08 bits per heavy atom. The Morgan fingerprint density at radius 1 is 0.837 bits per heavy atom. The van der Waals surface area contributed by atoms with E-state index in [9.17, 15) is 24.0 Å². The first-order valence-electron chi connectivity index (χ1n) is 17.7. The van der Waals surface area contributed by atoms with Crippen LogP contribution in [0.5, 0.6) is 0 Å². The van der Waals surface area contributed by atoms with E-state index in [0.717, 1.165) is 16.9 Å². The first-order valence-corrected chi connectivity index (χ1v) is 18.7. The molecule has 0 aromatic heterocycles. The molecule has 2 fully saturated rings. The minimum absolute atomic E-state index is 0.0153. The summed E-state index contributed by atoms with van der Waals surface area (Å²) >= 11 is 1.61. The molecule has 3 N–H and O–H groups in total. The third kappa shape index (κ3) is 10.8. The number of rotatable bonds is 14. The number of likely N-dealkylation sites (tertiary alicyclic amines) is 2. The Balaban J connectivity index is 1.45. The van der Waals surface area contributed by atoms with Gasteiger partial charge in [-0.3, -0.25) is 24.0 Å². The van der Waals surface area contributed by atoms with Crippen LogP contribution in [-0.4, -0.2) is 90.4 Å². The first kappa shape index (κ1) is 38.0. The summed E-state index contributed by atoms with van der Waals surface area (Å²) in [6.07, 6.45) is 3.88. The summed E-state index contributed by atoms with van der Waals surface area (Å²) in [7, 11) is 1.59. The van der Waals surface area contributed by atoms with Crippen LogP contribution in [0.15, 0.2) is 65.6 Å². The Kier molecular flexibility index (Phi) is 14.5. The van der Waals surface area contributed by atoms with Gasteiger partial charge in [-0.2, -0.15) is 0 Å². The molecule has 0 saturated carbocycles. The first-order chi connectivity index (χ1) is 23.6. The lowest BCUT2D eigenvalue weighted by molar-refractivity contribution is -0.144. The molecule has 6 atom stereocenters. The van der Waals surface area contributed by atoms with E-state index < -0.39 is 12.0 Å². The molecule has 0 spiro atoms. The smallest absolute Gasteiger partial charge is 0.228 e. The van der Waals surface area contributed by atoms with Crippen LogP contribution >= 0.6 is 11.8 Å². The number of nitrogens with one attached hydrogen (secondary N) is 3. The zero-order valence-electron chi connectivity index (χ0n) is 29.4. The second kappa shape index (κ2) is 18.8. The van der Waals surface area contributed by atoms with Crippen LogP contribution in [0.3, 0.4) is 0 Å². The summed E-state index contributed by atoms with van der Waals surface area (Å²) in [6.45, 7) is 7.02. The fourth-order valence-corrected chi connectivity index (χ4v) is 8.08. The van der Waals surface area contributed by atoms with Crippen LogP contribution < -0.4 is 16.0 Å². The number of carbonyl (C=O) groups is 5. The average molecular weight is 692 g/mol. The Morgan fingerprint density at radius 2 is 1.45 bits per heavy atom. The maximum absolute atomic E-state index is 14.4. The molecule has 2 heterocycles. The third-order valence-electron chi connectivity index (χ3n) is 9.88. The van der Waals surface area contributed by atoms with Gasteiger partial charge in [-0.15, -0.1) is 11.8 Å². The van der Waals surface area contributed by atoms with Gasteiger partial charge in [0.25, 0.3) is 0 Å². The van der Waals surface area contributed by atoms with Gasteiger partial charge in [0.05, 0.1) is 29.7 Å². The molecule has 10 nitrogen and oxygen atoms in total. The lowest BCUT2D eigenvalue weighted by atomic mass is 9.88. The van der Waals surface area contributed by atoms with E-state index in [0.29, 0.717) is 64.0 Å². The lowest BCUT2D eigenvalue weighted by Crippen LogP contribution is -2.55. The van der Waals surface area contributed by atoms with Crippen molar-refractivity contribution < 1.29 is 24.0 Å². The average Bonchev–Trinajstić information content (AvgIpc) is 3.14. The van der Waals surface area contributed by atoms with Crippen molar-refractivity contribution in [2.45, 2.75) is 76.3 Å². The van der Waals surface area contributed by atoms with Crippen LogP contribution in [0.4, 0.5) is 0 Å². The van der Waals surface area contributed by atoms with Crippen LogP contribution in [-0.2, 0) is 30.4 Å². The van der Waals surface area contributed by atoms with Crippen molar-refractivity contribution in [3.8, 4) is 0 Å². The van der Waals surface area contributed by atoms with Crippen LogP contribution in [0, 0.1) is 23.7 Å². The van der Waals surface area contributed by atoms with E-state index in [1.807, 2.05) is 79.4 Å². The zero-order chi connectivity index (χ0) is 35.3. The van der Waals surface area contributed by atoms with Gasteiger partial charge in [-0.25, -0.2) is 0 Å². The van der Waals surface area contributed by atoms with Crippen LogP contribution in [0.25, 0.3) is 0 Å². The SMILES string of the molecule is CC[C@@H](NC(=O)[C@@H]1CCCN(C(=O)[C@@H]2CCCN(C(=O)[C@@H](Cc3ccccc3)[C@@H](CSc3ccccc3)NC(C)=O)C2)C1)[C@H](C)C(=O)NC. The van der Waals surface area contributed by atoms with Gasteiger partial charge in [-0.1, -0.05) is 62.4 Å². The number of carbonyl (C=O) groups excluding carboxylic acids is 5. The molecule has 0 radical (unpaired) electrons. The summed E-state index contributed by atoms with van der Waals surface area (Å²) in [6, 6.07) is 19.1. The quantitative estimate of drug-likeness (QED) is 0.258. The van der Waals surface area contributed by atoms with E-state index >= 15 is 0 Å². The monoisotopic (exact) mass is 691 g/mol. The van der Waals surface area contributed by atoms with Crippen molar-refractivity contribution in [2.75, 3.05) is 39.0 Å². The minimum Gasteiger partial charge on any atom is -0.359 e. The van der Waals surface area contributed by atoms with Crippen LogP contribution in [0.2, 0.25) is 0 Å². The lowest BCUT2D eigenvalue weighted by Gasteiger charge is -2.40. The molecule has 2 aromatic carbocycles. The van der Waals surface area contributed by atoms with Crippen molar-refractivity contribution in [3.63, 3.8) is 0 Å². The highest BCUT2D eigenvalue weighted by atomic mass is 32.2. The maximum atomic E-state index is 14.4. The largest absolute Gasteiger partial charge is 0.359 e. The highest BCUT2D eigenvalue weighted by molar-refractivity contribution is 7.99. The number of hydrogen-bond donors (Lipinski definition) is 3. The van der Waals surface area contributed by atoms with Gasteiger partial charge in [0.15, 0.2) is 0 Å². The standard InChI is InChI=1S/C38H53N5O5S/c1-5-33(26(2)35(45)39-4)41-36(46)29-16-12-20-42(23-29)37(47)30-17-13-21-43(24-30)38(48)32(22-28-14-8-6-9-15-28)34(40-27(3)44)25-49-31-18-10-7-11-19-31/h6-11,14-15,18-19,26,29-30,32-34H,5,12-13,16-17,20-25H2,1-4H3,(H,39,45)(H,40,44)(H,41,46)/t26-,29+,30+,32-,33+,34+/m0/s1. The summed E-state index contributed by atoms with van der Waals surface area (Å²) in [4.78, 5) is 71.0. The number of thioether (sulfide) groups is 1. The van der Waals surface area contributed by atoms with Crippen molar-refractivity contribution in [2.24, 2.45) is 23.7 Å². The number of piperidine rings is 2. The molecule has 4 rings (SSSR count). The summed E-state index contributed by atoms with van der Waals surface area (Å²) in [5, 5.41) is 8.81. The van der Waals surface area contributed by atoms with Gasteiger partial charge in [0.1, 0.15) is 0 Å². The summed E-state index contributed by atoms with van der Waals surface area (Å²) in [5.41, 5.74) is 1.01. The van der Waals surface area contributed by atoms with Crippen molar-refractivity contribution in [3.05, 3.63) is 66.2 Å². The van der Waals surface area contributed by atoms with Crippen LogP contribution in [0.1, 0.15) is 58.4 Å². The van der Waals surface area contributed by atoms with Crippen molar-refractivity contribution in [1.29, 1.82) is 0 Å². The highest BCUT2D eigenvalue weighted by Crippen LogP contribution is 2.28. The molecular formula is C38H53N5O5S. The number of hydrogen-bond acceptors (Lipinski definition) is 6. The molecular weight excluding hydrogens is 639 g/mol. The molecule has 2 aromatic rings. The number of nitrogens with zero attached hydrogens (tertiary/aromatic N) is 2. The predicted molar refractivity (Wildman–Crippen MR) is 192 cm³/mol. The second-order valence-corrected chi connectivity index (χ2v) is 14.5. The molecule has 266 valence electrons. The Hall–Kier alpha value is -3.86. The van der Waals surface area contributed by atoms with E-state index in [1.165, 1.54) is 6.92 Å². The minimum atomic E-state index is -0.511. The molecule has 11 heteroatoms. The van der Waals surface area contributed by atoms with E-state index in [-0.39, 0.29) is 53.3 Å². The second-order valence-electron chi connectivity index (χ2n) is 13.4. The van der Waals surface area contributed by atoms with Crippen molar-refractivity contribution >= 4 is 41.3 Å². The topological polar surface area (TPSA) is 128 Å². The van der Waals surface area contributed by atoms with Gasteiger partial charge in [0.2, 0.25) is 29.5 Å². The number of amides is 5. The fourth-order valence-electron chi connectivity index (χ4n) is 7.05. The van der Waals surface area contributed by atoms with Gasteiger partial charge in [-0.05, 0) is 56.2 Å². The third-order valence-corrected chi connectivity index (χ3v) is 11.0. The molecule has 0 bridgehead atoms. The van der Waals surface area contributed by atoms with Crippen molar-refractivity contribution in [1.82, 2.24) is 25.8 Å². The predicted octanol–water partition coefficient (Wildman–Crippen LogP) is 3.90. The molecule has 2 aliphatic rings. The molecule has 0 unspecified atom stereocenters. The summed E-state index contributed by atoms with van der Waals surface area (Å²) in [5.74, 6) is -1.54. The maximum Gasteiger partial charge on any atom is 0.228 e. The van der Waals surface area contributed by atoms with E-state index in [2.05, 4.69) is 16.0 Å². The molecule has 0 aliphatic carbocycles. The molecule has 2 saturated heterocycles. The van der Waals surface area contributed by atoms with Gasteiger partial charge >= 0.3 is 0 Å². The Labute approximate surface area is 295 Å². The summed E-state index contributed by atoms with van der Waals surface area (Å²) < 4.78 is 0. The zero-order valence-corrected chi connectivity index (χ0v) is 30.2.